The molecule has 1 aromatic rings. The van der Waals surface area contributed by atoms with E-state index in [0.717, 1.165) is 5.56 Å². The molecule has 0 unspecified atom stereocenters. The van der Waals surface area contributed by atoms with Crippen LogP contribution in [0.5, 0.6) is 0 Å². The Balaban J connectivity index is 2.69. The van der Waals surface area contributed by atoms with Gasteiger partial charge in [0.1, 0.15) is 6.10 Å². The van der Waals surface area contributed by atoms with Crippen LogP contribution in [0.3, 0.4) is 0 Å². The van der Waals surface area contributed by atoms with Crippen molar-refractivity contribution in [2.75, 3.05) is 6.61 Å². The van der Waals surface area contributed by atoms with Crippen molar-refractivity contribution in [2.45, 2.75) is 12.5 Å². The van der Waals surface area contributed by atoms with Crippen molar-refractivity contribution in [1.82, 2.24) is 0 Å². The Morgan fingerprint density at radius 2 is 2.44 bits per heavy atom. The van der Waals surface area contributed by atoms with E-state index in [1.54, 1.807) is 12.1 Å². The number of aliphatic hydroxyl groups excluding tert-OH is 1. The van der Waals surface area contributed by atoms with E-state index in [9.17, 15) is 4.79 Å². The van der Waals surface area contributed by atoms with Crippen LogP contribution >= 0.6 is 0 Å². The van der Waals surface area contributed by atoms with E-state index in [0.29, 0.717) is 6.42 Å². The van der Waals surface area contributed by atoms with E-state index in [1.165, 1.54) is 12.5 Å². The lowest BCUT2D eigenvalue weighted by Gasteiger charge is -2.14. The second kappa shape index (κ2) is 5.92. The smallest absolute Gasteiger partial charge is 0.336 e. The zero-order valence-corrected chi connectivity index (χ0v) is 8.89. The summed E-state index contributed by atoms with van der Waals surface area (Å²) in [5.41, 5.74) is 0.775. The fraction of sp³-hybridized carbons (Fsp3) is 0.250. The van der Waals surface area contributed by atoms with Crippen molar-refractivity contribution in [3.8, 4) is 0 Å². The maximum atomic E-state index is 11.4. The Kier molecular flexibility index (Phi) is 4.54. The van der Waals surface area contributed by atoms with Crippen molar-refractivity contribution in [1.29, 1.82) is 0 Å². The van der Waals surface area contributed by atoms with Crippen molar-refractivity contribution in [3.63, 3.8) is 0 Å². The molecule has 0 bridgehead atoms. The van der Waals surface area contributed by atoms with E-state index in [2.05, 4.69) is 13.2 Å². The van der Waals surface area contributed by atoms with E-state index in [1.807, 2.05) is 0 Å². The molecule has 1 N–H and O–H groups in total. The molecule has 4 heteroatoms. The van der Waals surface area contributed by atoms with Crippen LogP contribution in [0.25, 0.3) is 0 Å². The standard InChI is InChI=1S/C12H14O4/c1-3-4-11(10-5-6-15-8-10)16-12(14)9(2)7-13/h3,5-6,8,11,13H,1-2,4,7H2/t11-/m0/s1. The van der Waals surface area contributed by atoms with Gasteiger partial charge in [-0.3, -0.25) is 0 Å². The van der Waals surface area contributed by atoms with Gasteiger partial charge in [0.05, 0.1) is 24.7 Å². The average Bonchev–Trinajstić information content (AvgIpc) is 2.80. The summed E-state index contributed by atoms with van der Waals surface area (Å²) in [6, 6.07) is 1.71. The Labute approximate surface area is 93.8 Å². The van der Waals surface area contributed by atoms with Gasteiger partial charge in [-0.15, -0.1) is 6.58 Å². The number of ether oxygens (including phenoxy) is 1. The summed E-state index contributed by atoms with van der Waals surface area (Å²) in [6.07, 6.45) is 4.67. The van der Waals surface area contributed by atoms with Crippen molar-refractivity contribution >= 4 is 5.97 Å². The summed E-state index contributed by atoms with van der Waals surface area (Å²) in [6.45, 7) is 6.57. The quantitative estimate of drug-likeness (QED) is 0.454. The molecule has 1 atom stereocenters. The lowest BCUT2D eigenvalue weighted by Crippen LogP contribution is -2.14. The third kappa shape index (κ3) is 3.10. The molecule has 0 radical (unpaired) electrons. The average molecular weight is 222 g/mol. The van der Waals surface area contributed by atoms with Gasteiger partial charge in [0, 0.05) is 12.0 Å². The monoisotopic (exact) mass is 222 g/mol. The molecular formula is C12H14O4. The molecular weight excluding hydrogens is 208 g/mol. The van der Waals surface area contributed by atoms with Crippen LogP contribution in [0, 0.1) is 0 Å². The van der Waals surface area contributed by atoms with Crippen molar-refractivity contribution in [3.05, 3.63) is 49.0 Å². The largest absolute Gasteiger partial charge is 0.472 e. The SMILES string of the molecule is C=CC[C@H](OC(=O)C(=C)CO)c1ccoc1. The Morgan fingerprint density at radius 1 is 1.69 bits per heavy atom. The van der Waals surface area contributed by atoms with Crippen molar-refractivity contribution < 1.29 is 19.1 Å². The van der Waals surface area contributed by atoms with Gasteiger partial charge in [0.15, 0.2) is 0 Å². The topological polar surface area (TPSA) is 59.7 Å². The minimum Gasteiger partial charge on any atom is -0.472 e. The number of esters is 1. The maximum absolute atomic E-state index is 11.4. The maximum Gasteiger partial charge on any atom is 0.336 e. The Morgan fingerprint density at radius 3 is 2.94 bits per heavy atom. The summed E-state index contributed by atoms with van der Waals surface area (Å²) in [7, 11) is 0. The highest BCUT2D eigenvalue weighted by Crippen LogP contribution is 2.23. The minimum atomic E-state index is -0.615. The van der Waals surface area contributed by atoms with Crippen LogP contribution in [-0.4, -0.2) is 17.7 Å². The van der Waals surface area contributed by atoms with E-state index >= 15 is 0 Å². The lowest BCUT2D eigenvalue weighted by atomic mass is 10.1. The molecule has 0 amide bonds. The zero-order valence-electron chi connectivity index (χ0n) is 8.89. The number of hydrogen-bond acceptors (Lipinski definition) is 4. The predicted octanol–water partition coefficient (Wildman–Crippen LogP) is 1.99. The van der Waals surface area contributed by atoms with Gasteiger partial charge in [-0.05, 0) is 6.07 Å². The molecule has 0 aliphatic carbocycles. The highest BCUT2D eigenvalue weighted by Gasteiger charge is 2.17. The second-order valence-electron chi connectivity index (χ2n) is 3.24. The summed E-state index contributed by atoms with van der Waals surface area (Å²) in [4.78, 5) is 11.4. The molecule has 0 aliphatic rings. The van der Waals surface area contributed by atoms with E-state index < -0.39 is 18.7 Å². The summed E-state index contributed by atoms with van der Waals surface area (Å²) in [5.74, 6) is -0.615. The molecule has 1 rings (SSSR count). The van der Waals surface area contributed by atoms with Crippen LogP contribution < -0.4 is 0 Å². The van der Waals surface area contributed by atoms with Crippen LogP contribution in [0.2, 0.25) is 0 Å². The molecule has 86 valence electrons. The van der Waals surface area contributed by atoms with Crippen LogP contribution in [0.4, 0.5) is 0 Å². The van der Waals surface area contributed by atoms with E-state index in [4.69, 9.17) is 14.3 Å². The van der Waals surface area contributed by atoms with E-state index in [-0.39, 0.29) is 5.57 Å². The summed E-state index contributed by atoms with van der Waals surface area (Å²) in [5, 5.41) is 8.74. The summed E-state index contributed by atoms with van der Waals surface area (Å²) < 4.78 is 10.1. The van der Waals surface area contributed by atoms with Gasteiger partial charge in [-0.25, -0.2) is 4.79 Å². The molecule has 0 aromatic carbocycles. The molecule has 0 fully saturated rings. The summed E-state index contributed by atoms with van der Waals surface area (Å²) >= 11 is 0. The third-order valence-electron chi connectivity index (χ3n) is 2.02. The Hall–Kier alpha value is -1.81. The van der Waals surface area contributed by atoms with Gasteiger partial charge < -0.3 is 14.3 Å². The molecule has 0 saturated heterocycles. The second-order valence-corrected chi connectivity index (χ2v) is 3.24. The molecule has 0 saturated carbocycles. The molecule has 0 spiro atoms. The molecule has 4 nitrogen and oxygen atoms in total. The van der Waals surface area contributed by atoms with Gasteiger partial charge in [0.2, 0.25) is 0 Å². The Bertz CT molecular complexity index is 364. The molecule has 16 heavy (non-hydrogen) atoms. The van der Waals surface area contributed by atoms with Gasteiger partial charge in [-0.1, -0.05) is 12.7 Å². The first-order valence-corrected chi connectivity index (χ1v) is 4.81. The first-order valence-electron chi connectivity index (χ1n) is 4.81. The minimum absolute atomic E-state index is 0.0255. The zero-order chi connectivity index (χ0) is 12.0. The van der Waals surface area contributed by atoms with Crippen LogP contribution in [0.15, 0.2) is 47.8 Å². The number of carbonyl (C=O) groups excluding carboxylic acids is 1. The number of carbonyl (C=O) groups is 1. The third-order valence-corrected chi connectivity index (χ3v) is 2.02. The first-order chi connectivity index (χ1) is 7.69. The highest BCUT2D eigenvalue weighted by molar-refractivity contribution is 5.88. The fourth-order valence-corrected chi connectivity index (χ4v) is 1.14. The van der Waals surface area contributed by atoms with Gasteiger partial charge >= 0.3 is 5.97 Å². The molecule has 1 aromatic heterocycles. The lowest BCUT2D eigenvalue weighted by molar-refractivity contribution is -0.145. The van der Waals surface area contributed by atoms with Crippen LogP contribution in [0.1, 0.15) is 18.1 Å². The molecule has 0 aliphatic heterocycles. The number of rotatable bonds is 6. The van der Waals surface area contributed by atoms with Crippen LogP contribution in [-0.2, 0) is 9.53 Å². The molecule has 1 heterocycles. The van der Waals surface area contributed by atoms with Gasteiger partial charge in [-0.2, -0.15) is 0 Å². The highest BCUT2D eigenvalue weighted by atomic mass is 16.5. The normalized spacial score (nSPS) is 11.8. The van der Waals surface area contributed by atoms with Gasteiger partial charge in [0.25, 0.3) is 0 Å². The fourth-order valence-electron chi connectivity index (χ4n) is 1.14. The number of furan rings is 1. The predicted molar refractivity (Wildman–Crippen MR) is 58.6 cm³/mol. The van der Waals surface area contributed by atoms with Crippen molar-refractivity contribution in [2.24, 2.45) is 0 Å². The number of aliphatic hydroxyl groups is 1. The number of hydrogen-bond donors (Lipinski definition) is 1. The first kappa shape index (κ1) is 12.3.